The first-order valence-electron chi connectivity index (χ1n) is 8.61. The number of rotatable bonds is 4. The smallest absolute Gasteiger partial charge is 0.249 e. The van der Waals surface area contributed by atoms with Crippen LogP contribution in [-0.2, 0) is 0 Å². The van der Waals surface area contributed by atoms with Gasteiger partial charge in [-0.2, -0.15) is 0 Å². The van der Waals surface area contributed by atoms with Crippen LogP contribution < -0.4 is 16.8 Å². The summed E-state index contributed by atoms with van der Waals surface area (Å²) in [5.74, 6) is -4.23. The Hall–Kier alpha value is -2.84. The van der Waals surface area contributed by atoms with Gasteiger partial charge < -0.3 is 16.8 Å². The Morgan fingerprint density at radius 1 is 1.11 bits per heavy atom. The molecule has 1 saturated carbocycles. The van der Waals surface area contributed by atoms with E-state index < -0.39 is 29.3 Å². The van der Waals surface area contributed by atoms with Crippen molar-refractivity contribution >= 4 is 17.5 Å². The highest BCUT2D eigenvalue weighted by Gasteiger charge is 2.30. The minimum Gasteiger partial charge on any atom is -0.384 e. The van der Waals surface area contributed by atoms with Crippen molar-refractivity contribution < 1.29 is 18.0 Å². The SMILES string of the molecule is Cc1nc(N)cc(NC2CCC(c3c(C(N)=O)cc(F)c(F)c3F)CC2)n1. The van der Waals surface area contributed by atoms with Crippen molar-refractivity contribution in [1.82, 2.24) is 9.97 Å². The zero-order valence-corrected chi connectivity index (χ0v) is 14.7. The predicted octanol–water partition coefficient (Wildman–Crippen LogP) is 3.02. The molecule has 0 saturated heterocycles. The van der Waals surface area contributed by atoms with Gasteiger partial charge in [-0.25, -0.2) is 23.1 Å². The van der Waals surface area contributed by atoms with Gasteiger partial charge in [-0.3, -0.25) is 4.79 Å². The van der Waals surface area contributed by atoms with E-state index in [0.29, 0.717) is 49.2 Å². The number of nitrogens with one attached hydrogen (secondary N) is 1. The number of primary amides is 1. The number of aromatic nitrogens is 2. The van der Waals surface area contributed by atoms with Gasteiger partial charge in [0.05, 0.1) is 0 Å². The molecule has 3 rings (SSSR count). The molecular weight excluding hydrogens is 359 g/mol. The van der Waals surface area contributed by atoms with Gasteiger partial charge in [0.15, 0.2) is 17.5 Å². The van der Waals surface area contributed by atoms with Crippen LogP contribution >= 0.6 is 0 Å². The molecule has 1 aliphatic carbocycles. The van der Waals surface area contributed by atoms with E-state index in [4.69, 9.17) is 11.5 Å². The molecule has 5 N–H and O–H groups in total. The van der Waals surface area contributed by atoms with Crippen LogP contribution in [0.4, 0.5) is 24.8 Å². The Morgan fingerprint density at radius 3 is 2.37 bits per heavy atom. The fraction of sp³-hybridized carbons (Fsp3) is 0.389. The number of nitrogens with two attached hydrogens (primary N) is 2. The Labute approximate surface area is 154 Å². The summed E-state index contributed by atoms with van der Waals surface area (Å²) >= 11 is 0. The number of anilines is 2. The summed E-state index contributed by atoms with van der Waals surface area (Å²) in [5, 5.41) is 3.26. The molecule has 6 nitrogen and oxygen atoms in total. The van der Waals surface area contributed by atoms with Crippen molar-refractivity contribution in [3.05, 3.63) is 46.5 Å². The summed E-state index contributed by atoms with van der Waals surface area (Å²) in [6, 6.07) is 2.35. The van der Waals surface area contributed by atoms with Crippen LogP contribution in [0.5, 0.6) is 0 Å². The molecular formula is C18H20F3N5O. The third-order valence-electron chi connectivity index (χ3n) is 4.81. The molecule has 1 aromatic carbocycles. The number of nitrogens with zero attached hydrogens (tertiary/aromatic N) is 2. The molecule has 1 aliphatic rings. The first kappa shape index (κ1) is 18.9. The van der Waals surface area contributed by atoms with Gasteiger partial charge >= 0.3 is 0 Å². The summed E-state index contributed by atoms with van der Waals surface area (Å²) in [4.78, 5) is 19.8. The van der Waals surface area contributed by atoms with Gasteiger partial charge in [0.25, 0.3) is 0 Å². The van der Waals surface area contributed by atoms with E-state index in [2.05, 4.69) is 15.3 Å². The normalized spacial score (nSPS) is 19.7. The highest BCUT2D eigenvalue weighted by molar-refractivity contribution is 5.94. The highest BCUT2D eigenvalue weighted by atomic mass is 19.2. The van der Waals surface area contributed by atoms with Crippen molar-refractivity contribution in [2.45, 2.75) is 44.6 Å². The monoisotopic (exact) mass is 379 g/mol. The van der Waals surface area contributed by atoms with Crippen molar-refractivity contribution in [2.75, 3.05) is 11.1 Å². The lowest BCUT2D eigenvalue weighted by Crippen LogP contribution is -2.28. The average molecular weight is 379 g/mol. The number of nitrogen functional groups attached to an aromatic ring is 1. The topological polar surface area (TPSA) is 107 Å². The largest absolute Gasteiger partial charge is 0.384 e. The number of aryl methyl sites for hydroxylation is 1. The number of benzene rings is 1. The van der Waals surface area contributed by atoms with Gasteiger partial charge in [-0.05, 0) is 44.6 Å². The third kappa shape index (κ3) is 3.96. The van der Waals surface area contributed by atoms with Crippen LogP contribution in [0.2, 0.25) is 0 Å². The Bertz CT molecular complexity index is 862. The lowest BCUT2D eigenvalue weighted by atomic mass is 9.79. The lowest BCUT2D eigenvalue weighted by Gasteiger charge is -2.30. The van der Waals surface area contributed by atoms with Gasteiger partial charge in [0.1, 0.15) is 17.5 Å². The van der Waals surface area contributed by atoms with Gasteiger partial charge in [-0.15, -0.1) is 0 Å². The van der Waals surface area contributed by atoms with Crippen LogP contribution in [0.25, 0.3) is 0 Å². The molecule has 0 spiro atoms. The summed E-state index contributed by atoms with van der Waals surface area (Å²) in [6.45, 7) is 1.73. The maximum Gasteiger partial charge on any atom is 0.249 e. The van der Waals surface area contributed by atoms with Crippen molar-refractivity contribution in [3.8, 4) is 0 Å². The summed E-state index contributed by atoms with van der Waals surface area (Å²) in [6.07, 6.45) is 2.23. The Balaban J connectivity index is 1.76. The number of amides is 1. The van der Waals surface area contributed by atoms with Crippen LogP contribution in [0.3, 0.4) is 0 Å². The van der Waals surface area contributed by atoms with Crippen LogP contribution in [0.1, 0.15) is 53.3 Å². The summed E-state index contributed by atoms with van der Waals surface area (Å²) in [7, 11) is 0. The molecule has 0 bridgehead atoms. The highest BCUT2D eigenvalue weighted by Crippen LogP contribution is 2.38. The zero-order chi connectivity index (χ0) is 19.7. The number of halogens is 3. The van der Waals surface area contributed by atoms with Gasteiger partial charge in [0, 0.05) is 23.2 Å². The molecule has 0 unspecified atom stereocenters. The van der Waals surface area contributed by atoms with Gasteiger partial charge in [-0.1, -0.05) is 0 Å². The minimum absolute atomic E-state index is 0.0559. The van der Waals surface area contributed by atoms with Crippen LogP contribution in [-0.4, -0.2) is 21.9 Å². The van der Waals surface area contributed by atoms with E-state index in [1.54, 1.807) is 13.0 Å². The molecule has 0 radical (unpaired) electrons. The molecule has 0 aliphatic heterocycles. The molecule has 2 aromatic rings. The molecule has 144 valence electrons. The fourth-order valence-corrected chi connectivity index (χ4v) is 3.61. The number of hydrogen-bond donors (Lipinski definition) is 3. The second-order valence-electron chi connectivity index (χ2n) is 6.73. The van der Waals surface area contributed by atoms with Crippen molar-refractivity contribution in [1.29, 1.82) is 0 Å². The fourth-order valence-electron chi connectivity index (χ4n) is 3.61. The minimum atomic E-state index is -1.58. The number of hydrogen-bond acceptors (Lipinski definition) is 5. The first-order valence-corrected chi connectivity index (χ1v) is 8.61. The van der Waals surface area contributed by atoms with Crippen molar-refractivity contribution in [2.24, 2.45) is 5.73 Å². The quantitative estimate of drug-likeness (QED) is 0.708. The maximum atomic E-state index is 14.3. The average Bonchev–Trinajstić information content (AvgIpc) is 2.59. The molecule has 27 heavy (non-hydrogen) atoms. The van der Waals surface area contributed by atoms with Gasteiger partial charge in [0.2, 0.25) is 5.91 Å². The number of carbonyl (C=O) groups excluding carboxylic acids is 1. The molecule has 1 aromatic heterocycles. The lowest BCUT2D eigenvalue weighted by molar-refractivity contribution is 0.0997. The second-order valence-corrected chi connectivity index (χ2v) is 6.73. The second kappa shape index (κ2) is 7.42. The predicted molar refractivity (Wildman–Crippen MR) is 94.6 cm³/mol. The van der Waals surface area contributed by atoms with E-state index in [1.807, 2.05) is 0 Å². The summed E-state index contributed by atoms with van der Waals surface area (Å²) < 4.78 is 41.5. The van der Waals surface area contributed by atoms with E-state index in [1.165, 1.54) is 0 Å². The maximum absolute atomic E-state index is 14.3. The Kier molecular flexibility index (Phi) is 5.20. The summed E-state index contributed by atoms with van der Waals surface area (Å²) in [5.41, 5.74) is 10.5. The number of carbonyl (C=O) groups is 1. The van der Waals surface area contributed by atoms with E-state index >= 15 is 0 Å². The van der Waals surface area contributed by atoms with Crippen LogP contribution in [0.15, 0.2) is 12.1 Å². The molecule has 1 fully saturated rings. The Morgan fingerprint density at radius 2 is 1.78 bits per heavy atom. The molecule has 9 heteroatoms. The van der Waals surface area contributed by atoms with E-state index in [9.17, 15) is 18.0 Å². The first-order chi connectivity index (χ1) is 12.8. The van der Waals surface area contributed by atoms with Crippen LogP contribution in [0, 0.1) is 24.4 Å². The zero-order valence-electron chi connectivity index (χ0n) is 14.7. The third-order valence-corrected chi connectivity index (χ3v) is 4.81. The van der Waals surface area contributed by atoms with E-state index in [0.717, 1.165) is 0 Å². The molecule has 1 heterocycles. The molecule has 1 amide bonds. The van der Waals surface area contributed by atoms with E-state index in [-0.39, 0.29) is 17.2 Å². The molecule has 0 atom stereocenters. The van der Waals surface area contributed by atoms with Crippen molar-refractivity contribution in [3.63, 3.8) is 0 Å². The standard InChI is InChI=1S/C18H20F3N5O/c1-8-24-13(22)7-14(25-8)26-10-4-2-9(3-5-10)15-11(18(23)27)6-12(19)16(20)17(15)21/h6-7,9-10H,2-5H2,1H3,(H2,23,27)(H3,22,24,25,26).